The van der Waals surface area contributed by atoms with Gasteiger partial charge in [0, 0.05) is 35.7 Å². The lowest BCUT2D eigenvalue weighted by atomic mass is 10.2. The standard InChI is InChI=1S/C20H24Cl2N4O2/c1-13(2)20(28)24-11-10-23-18(27)9-8-17-14(3)25-26(19(17)22)12-15-4-6-16(21)7-5-15/h4-9,13H,10-12H2,1-3H3,(H,23,27)(H,24,28)/b9-8+. The first kappa shape index (κ1) is 22.0. The Hall–Kier alpha value is -2.31. The van der Waals surface area contributed by atoms with E-state index in [0.29, 0.717) is 35.4 Å². The highest BCUT2D eigenvalue weighted by Crippen LogP contribution is 2.22. The van der Waals surface area contributed by atoms with Crippen molar-refractivity contribution in [1.29, 1.82) is 0 Å². The van der Waals surface area contributed by atoms with Crippen LogP contribution in [0.4, 0.5) is 0 Å². The fourth-order valence-electron chi connectivity index (χ4n) is 2.42. The SMILES string of the molecule is Cc1nn(Cc2ccc(Cl)cc2)c(Cl)c1/C=C/C(=O)NCCNC(=O)C(C)C. The smallest absolute Gasteiger partial charge is 0.244 e. The minimum Gasteiger partial charge on any atom is -0.354 e. The lowest BCUT2D eigenvalue weighted by Gasteiger charge is -2.07. The number of halogens is 2. The van der Waals surface area contributed by atoms with Gasteiger partial charge in [-0.25, -0.2) is 4.68 Å². The van der Waals surface area contributed by atoms with Crippen molar-refractivity contribution in [2.45, 2.75) is 27.3 Å². The van der Waals surface area contributed by atoms with Crippen LogP contribution in [0.5, 0.6) is 0 Å². The van der Waals surface area contributed by atoms with Gasteiger partial charge >= 0.3 is 0 Å². The number of nitrogens with zero attached hydrogens (tertiary/aromatic N) is 2. The molecule has 0 unspecified atom stereocenters. The second kappa shape index (κ2) is 10.3. The second-order valence-corrected chi connectivity index (χ2v) is 7.44. The molecule has 0 fully saturated rings. The fraction of sp³-hybridized carbons (Fsp3) is 0.350. The number of hydrogen-bond donors (Lipinski definition) is 2. The van der Waals surface area contributed by atoms with E-state index in [1.54, 1.807) is 10.8 Å². The number of carbonyl (C=O) groups is 2. The summed E-state index contributed by atoms with van der Waals surface area (Å²) in [6, 6.07) is 7.46. The molecule has 1 aromatic carbocycles. The van der Waals surface area contributed by atoms with Crippen molar-refractivity contribution in [3.63, 3.8) is 0 Å². The summed E-state index contributed by atoms with van der Waals surface area (Å²) >= 11 is 12.3. The Morgan fingerprint density at radius 3 is 2.43 bits per heavy atom. The largest absolute Gasteiger partial charge is 0.354 e. The minimum absolute atomic E-state index is 0.0414. The predicted molar refractivity (Wildman–Crippen MR) is 112 cm³/mol. The Bertz CT molecular complexity index is 858. The van der Waals surface area contributed by atoms with Crippen molar-refractivity contribution in [2.75, 3.05) is 13.1 Å². The van der Waals surface area contributed by atoms with Crippen molar-refractivity contribution in [3.05, 3.63) is 57.3 Å². The van der Waals surface area contributed by atoms with Gasteiger partial charge in [-0.1, -0.05) is 49.2 Å². The third-order valence-electron chi connectivity index (χ3n) is 4.00. The number of carbonyl (C=O) groups excluding carboxylic acids is 2. The first-order chi connectivity index (χ1) is 13.3. The summed E-state index contributed by atoms with van der Waals surface area (Å²) in [5.74, 6) is -0.384. The number of hydrogen-bond acceptors (Lipinski definition) is 3. The molecule has 6 nitrogen and oxygen atoms in total. The molecule has 0 aliphatic heterocycles. The van der Waals surface area contributed by atoms with Gasteiger partial charge in [0.2, 0.25) is 11.8 Å². The topological polar surface area (TPSA) is 76.0 Å². The van der Waals surface area contributed by atoms with Crippen LogP contribution in [0.1, 0.15) is 30.7 Å². The molecule has 28 heavy (non-hydrogen) atoms. The van der Waals surface area contributed by atoms with Crippen LogP contribution < -0.4 is 10.6 Å². The Morgan fingerprint density at radius 1 is 1.14 bits per heavy atom. The monoisotopic (exact) mass is 422 g/mol. The van der Waals surface area contributed by atoms with Crippen LogP contribution >= 0.6 is 23.2 Å². The normalized spacial score (nSPS) is 11.2. The maximum absolute atomic E-state index is 12.0. The molecule has 2 rings (SSSR count). The van der Waals surface area contributed by atoms with E-state index in [0.717, 1.165) is 11.3 Å². The van der Waals surface area contributed by atoms with Crippen LogP contribution in [0.15, 0.2) is 30.3 Å². The Labute approximate surface area is 174 Å². The molecule has 2 amide bonds. The van der Waals surface area contributed by atoms with E-state index in [1.165, 1.54) is 6.08 Å². The van der Waals surface area contributed by atoms with Crippen molar-refractivity contribution in [3.8, 4) is 0 Å². The average molecular weight is 423 g/mol. The summed E-state index contributed by atoms with van der Waals surface area (Å²) in [6.45, 7) is 6.71. The van der Waals surface area contributed by atoms with Gasteiger partial charge in [0.25, 0.3) is 0 Å². The summed E-state index contributed by atoms with van der Waals surface area (Å²) in [4.78, 5) is 23.4. The lowest BCUT2D eigenvalue weighted by Crippen LogP contribution is -2.35. The third kappa shape index (κ3) is 6.39. The van der Waals surface area contributed by atoms with Crippen molar-refractivity contribution < 1.29 is 9.59 Å². The number of rotatable bonds is 8. The molecule has 8 heteroatoms. The summed E-state index contributed by atoms with van der Waals surface area (Å²) < 4.78 is 1.68. The van der Waals surface area contributed by atoms with Gasteiger partial charge in [-0.2, -0.15) is 5.10 Å². The van der Waals surface area contributed by atoms with Crippen LogP contribution in [0.2, 0.25) is 10.2 Å². The average Bonchev–Trinajstić information content (AvgIpc) is 2.91. The molecule has 0 spiro atoms. The number of aromatic nitrogens is 2. The zero-order valence-corrected chi connectivity index (χ0v) is 17.6. The molecule has 150 valence electrons. The number of amides is 2. The highest BCUT2D eigenvalue weighted by atomic mass is 35.5. The van der Waals surface area contributed by atoms with Crippen LogP contribution in [0.25, 0.3) is 6.08 Å². The van der Waals surface area contributed by atoms with Crippen LogP contribution in [0.3, 0.4) is 0 Å². The van der Waals surface area contributed by atoms with Crippen LogP contribution in [-0.2, 0) is 16.1 Å². The van der Waals surface area contributed by atoms with Gasteiger partial charge in [-0.05, 0) is 30.7 Å². The van der Waals surface area contributed by atoms with E-state index in [-0.39, 0.29) is 17.7 Å². The number of aryl methyl sites for hydroxylation is 1. The molecule has 0 aliphatic rings. The maximum Gasteiger partial charge on any atom is 0.244 e. The minimum atomic E-state index is -0.264. The van der Waals surface area contributed by atoms with Gasteiger partial charge in [-0.15, -0.1) is 0 Å². The van der Waals surface area contributed by atoms with Crippen molar-refractivity contribution in [2.24, 2.45) is 5.92 Å². The lowest BCUT2D eigenvalue weighted by molar-refractivity contribution is -0.124. The van der Waals surface area contributed by atoms with Gasteiger partial charge < -0.3 is 10.6 Å². The molecular weight excluding hydrogens is 399 g/mol. The predicted octanol–water partition coefficient (Wildman–Crippen LogP) is 3.45. The Kier molecular flexibility index (Phi) is 8.08. The summed E-state index contributed by atoms with van der Waals surface area (Å²) in [5.41, 5.74) is 2.44. The molecule has 2 aromatic rings. The first-order valence-electron chi connectivity index (χ1n) is 8.99. The summed E-state index contributed by atoms with van der Waals surface area (Å²) in [7, 11) is 0. The summed E-state index contributed by atoms with van der Waals surface area (Å²) in [5, 5.41) is 11.0. The van der Waals surface area contributed by atoms with Crippen molar-refractivity contribution >= 4 is 41.1 Å². The third-order valence-corrected chi connectivity index (χ3v) is 4.65. The summed E-state index contributed by atoms with van der Waals surface area (Å²) in [6.07, 6.45) is 3.05. The van der Waals surface area contributed by atoms with Crippen LogP contribution in [0, 0.1) is 12.8 Å². The van der Waals surface area contributed by atoms with Gasteiger partial charge in [0.05, 0.1) is 12.2 Å². The molecule has 2 N–H and O–H groups in total. The maximum atomic E-state index is 12.0. The number of benzene rings is 1. The van der Waals surface area contributed by atoms with E-state index in [9.17, 15) is 9.59 Å². The molecule has 1 aromatic heterocycles. The van der Waals surface area contributed by atoms with E-state index >= 15 is 0 Å². The Morgan fingerprint density at radius 2 is 1.79 bits per heavy atom. The zero-order valence-electron chi connectivity index (χ0n) is 16.1. The second-order valence-electron chi connectivity index (χ2n) is 6.64. The van der Waals surface area contributed by atoms with E-state index in [4.69, 9.17) is 23.2 Å². The highest BCUT2D eigenvalue weighted by Gasteiger charge is 2.12. The Balaban J connectivity index is 1.92. The molecular formula is C20H24Cl2N4O2. The zero-order chi connectivity index (χ0) is 20.7. The van der Waals surface area contributed by atoms with E-state index < -0.39 is 0 Å². The van der Waals surface area contributed by atoms with Gasteiger partial charge in [-0.3, -0.25) is 9.59 Å². The first-order valence-corrected chi connectivity index (χ1v) is 9.74. The van der Waals surface area contributed by atoms with E-state index in [1.807, 2.05) is 45.0 Å². The highest BCUT2D eigenvalue weighted by molar-refractivity contribution is 6.31. The number of nitrogens with one attached hydrogen (secondary N) is 2. The van der Waals surface area contributed by atoms with Gasteiger partial charge in [0.15, 0.2) is 0 Å². The fourth-order valence-corrected chi connectivity index (χ4v) is 2.84. The molecule has 0 aliphatic carbocycles. The molecule has 0 radical (unpaired) electrons. The van der Waals surface area contributed by atoms with E-state index in [2.05, 4.69) is 15.7 Å². The van der Waals surface area contributed by atoms with Crippen molar-refractivity contribution in [1.82, 2.24) is 20.4 Å². The quantitative estimate of drug-likeness (QED) is 0.505. The van der Waals surface area contributed by atoms with Crippen LogP contribution in [-0.4, -0.2) is 34.7 Å². The molecule has 0 bridgehead atoms. The molecule has 0 saturated heterocycles. The molecule has 0 saturated carbocycles. The molecule has 0 atom stereocenters. The van der Waals surface area contributed by atoms with Gasteiger partial charge in [0.1, 0.15) is 5.15 Å². The molecule has 1 heterocycles.